The summed E-state index contributed by atoms with van der Waals surface area (Å²) in [5.41, 5.74) is 1.37. The minimum Gasteiger partial charge on any atom is -0.436 e. The molecule has 0 saturated heterocycles. The molecule has 3 heterocycles. The van der Waals surface area contributed by atoms with Crippen LogP contribution in [0.2, 0.25) is 10.2 Å². The number of pyridine rings is 1. The highest BCUT2D eigenvalue weighted by molar-refractivity contribution is 7.92. The Morgan fingerprint density at radius 2 is 1.84 bits per heavy atom. The van der Waals surface area contributed by atoms with Gasteiger partial charge in [0, 0.05) is 35.2 Å². The fourth-order valence-corrected chi connectivity index (χ4v) is 6.09. The Morgan fingerprint density at radius 3 is 2.59 bits per heavy atom. The molecule has 1 aliphatic carbocycles. The minimum atomic E-state index is -3.91. The first-order valence-electron chi connectivity index (χ1n) is 11.6. The third kappa shape index (κ3) is 4.76. The summed E-state index contributed by atoms with van der Waals surface area (Å²) < 4.78 is 54.3. The molecular weight excluding hydrogens is 542 g/mol. The summed E-state index contributed by atoms with van der Waals surface area (Å²) in [6.45, 7) is 0.239. The van der Waals surface area contributed by atoms with E-state index in [2.05, 4.69) is 15.1 Å². The molecule has 0 unspecified atom stereocenters. The third-order valence-electron chi connectivity index (χ3n) is 6.23. The summed E-state index contributed by atoms with van der Waals surface area (Å²) >= 11 is 12.1. The first kappa shape index (κ1) is 24.1. The second-order valence-corrected chi connectivity index (χ2v) is 11.6. The lowest BCUT2D eigenvalue weighted by molar-refractivity contribution is 0.418. The number of halogens is 3. The normalized spacial score (nSPS) is 15.5. The van der Waals surface area contributed by atoms with E-state index in [-0.39, 0.29) is 34.1 Å². The third-order valence-corrected chi connectivity index (χ3v) is 8.50. The first-order valence-corrected chi connectivity index (χ1v) is 13.8. The lowest BCUT2D eigenvalue weighted by atomic mass is 10.0. The zero-order chi connectivity index (χ0) is 25.7. The zero-order valence-corrected chi connectivity index (χ0v) is 21.5. The van der Waals surface area contributed by atoms with Gasteiger partial charge in [0.25, 0.3) is 15.9 Å². The van der Waals surface area contributed by atoms with Gasteiger partial charge in [0.05, 0.1) is 10.6 Å². The number of benzene rings is 2. The lowest BCUT2D eigenvalue weighted by Crippen LogP contribution is -2.35. The van der Waals surface area contributed by atoms with Crippen molar-refractivity contribution in [2.24, 2.45) is 0 Å². The fourth-order valence-electron chi connectivity index (χ4n) is 4.23. The van der Waals surface area contributed by atoms with Crippen LogP contribution in [-0.2, 0) is 16.4 Å². The van der Waals surface area contributed by atoms with Gasteiger partial charge in [-0.15, -0.1) is 0 Å². The number of hydrogen-bond acceptors (Lipinski definition) is 7. The van der Waals surface area contributed by atoms with Crippen molar-refractivity contribution >= 4 is 38.9 Å². The van der Waals surface area contributed by atoms with Crippen LogP contribution in [0.1, 0.15) is 36.6 Å². The van der Waals surface area contributed by atoms with Crippen LogP contribution >= 0.6 is 23.2 Å². The van der Waals surface area contributed by atoms with E-state index in [9.17, 15) is 8.42 Å². The van der Waals surface area contributed by atoms with Gasteiger partial charge in [-0.05, 0) is 67.6 Å². The van der Waals surface area contributed by atoms with Crippen LogP contribution in [0.5, 0.6) is 11.6 Å². The number of aromatic nitrogens is 3. The first-order chi connectivity index (χ1) is 17.8. The van der Waals surface area contributed by atoms with E-state index in [0.717, 1.165) is 12.8 Å². The van der Waals surface area contributed by atoms with Crippen LogP contribution < -0.4 is 9.04 Å². The van der Waals surface area contributed by atoms with E-state index < -0.39 is 15.8 Å². The van der Waals surface area contributed by atoms with Gasteiger partial charge < -0.3 is 9.26 Å². The molecular formula is C25H19Cl2FN4O4S. The highest BCUT2D eigenvalue weighted by atomic mass is 35.5. The summed E-state index contributed by atoms with van der Waals surface area (Å²) in [5, 5.41) is 4.51. The molecule has 0 spiro atoms. The van der Waals surface area contributed by atoms with Crippen LogP contribution in [0.15, 0.2) is 57.9 Å². The molecule has 190 valence electrons. The van der Waals surface area contributed by atoms with Gasteiger partial charge in [0.1, 0.15) is 5.15 Å². The van der Waals surface area contributed by atoms with Crippen molar-refractivity contribution in [3.05, 3.63) is 75.9 Å². The molecule has 2 aromatic heterocycles. The van der Waals surface area contributed by atoms with Crippen LogP contribution in [0.4, 0.5) is 10.1 Å². The van der Waals surface area contributed by atoms with Gasteiger partial charge in [0.2, 0.25) is 5.88 Å². The molecule has 0 N–H and O–H groups in total. The molecule has 2 aromatic carbocycles. The second kappa shape index (κ2) is 9.27. The van der Waals surface area contributed by atoms with Gasteiger partial charge in [-0.25, -0.2) is 17.8 Å². The van der Waals surface area contributed by atoms with Gasteiger partial charge >= 0.3 is 0 Å². The topological polar surface area (TPSA) is 98.4 Å². The van der Waals surface area contributed by atoms with E-state index >= 15 is 4.39 Å². The summed E-state index contributed by atoms with van der Waals surface area (Å²) in [6.07, 6.45) is 3.12. The van der Waals surface area contributed by atoms with E-state index in [1.165, 1.54) is 46.8 Å². The quantitative estimate of drug-likeness (QED) is 0.252. The van der Waals surface area contributed by atoms with Crippen molar-refractivity contribution in [2.45, 2.75) is 36.5 Å². The summed E-state index contributed by atoms with van der Waals surface area (Å²) in [4.78, 5) is 8.62. The molecule has 0 bridgehead atoms. The minimum absolute atomic E-state index is 0.00422. The van der Waals surface area contributed by atoms with Crippen LogP contribution in [0, 0.1) is 5.82 Å². The standard InChI is InChI=1S/C25H19Cl2FN4O4S/c26-17-5-7-18(8-6-17)37(33,34)32-9-1-2-15-10-19(28)21(13-20(15)32)35-23-12-16(11-22(27)29-23)25-30-24(31-36-25)14-3-4-14/h5-8,10-14H,1-4,9H2. The number of fused-ring (bicyclic) bond motifs is 1. The number of hydrogen-bond donors (Lipinski definition) is 0. The number of rotatable bonds is 6. The largest absolute Gasteiger partial charge is 0.436 e. The van der Waals surface area contributed by atoms with Crippen LogP contribution in [-0.4, -0.2) is 30.1 Å². The maximum atomic E-state index is 15.1. The predicted molar refractivity (Wildman–Crippen MR) is 135 cm³/mol. The van der Waals surface area contributed by atoms with Crippen molar-refractivity contribution in [1.29, 1.82) is 0 Å². The smallest absolute Gasteiger partial charge is 0.264 e. The Hall–Kier alpha value is -3.21. The van der Waals surface area contributed by atoms with Crippen molar-refractivity contribution in [2.75, 3.05) is 10.8 Å². The van der Waals surface area contributed by atoms with Gasteiger partial charge in [-0.2, -0.15) is 4.98 Å². The number of sulfonamides is 1. The number of anilines is 1. The summed E-state index contributed by atoms with van der Waals surface area (Å²) in [6, 6.07) is 11.6. The van der Waals surface area contributed by atoms with Crippen molar-refractivity contribution in [3.63, 3.8) is 0 Å². The second-order valence-electron chi connectivity index (χ2n) is 8.90. The maximum absolute atomic E-state index is 15.1. The average Bonchev–Trinajstić information content (AvgIpc) is 3.60. The van der Waals surface area contributed by atoms with Crippen molar-refractivity contribution < 1.29 is 22.1 Å². The SMILES string of the molecule is O=S(=O)(c1ccc(Cl)cc1)N1CCCc2cc(F)c(Oc3cc(-c4nc(C5CC5)no4)cc(Cl)n3)cc21. The van der Waals surface area contributed by atoms with E-state index in [1.807, 2.05) is 0 Å². The van der Waals surface area contributed by atoms with Crippen LogP contribution in [0.3, 0.4) is 0 Å². The molecule has 8 nitrogen and oxygen atoms in total. The molecule has 12 heteroatoms. The Balaban J connectivity index is 1.34. The molecule has 0 radical (unpaired) electrons. The Bertz CT molecular complexity index is 1610. The Labute approximate surface area is 222 Å². The number of aryl methyl sites for hydroxylation is 1. The Morgan fingerprint density at radius 1 is 1.05 bits per heavy atom. The molecule has 37 heavy (non-hydrogen) atoms. The van der Waals surface area contributed by atoms with Gasteiger partial charge in [-0.3, -0.25) is 4.31 Å². The average molecular weight is 561 g/mol. The highest BCUT2D eigenvalue weighted by Gasteiger charge is 2.31. The van der Waals surface area contributed by atoms with Crippen LogP contribution in [0.25, 0.3) is 11.5 Å². The monoisotopic (exact) mass is 560 g/mol. The Kier molecular flexibility index (Phi) is 6.05. The molecule has 1 fully saturated rings. The fraction of sp³-hybridized carbons (Fsp3) is 0.240. The molecule has 0 atom stereocenters. The molecule has 1 aliphatic heterocycles. The highest BCUT2D eigenvalue weighted by Crippen LogP contribution is 2.40. The molecule has 1 saturated carbocycles. The van der Waals surface area contributed by atoms with Gasteiger partial charge in [0.15, 0.2) is 17.4 Å². The summed E-state index contributed by atoms with van der Waals surface area (Å²) in [5.74, 6) is 0.344. The molecule has 0 amide bonds. The molecule has 2 aliphatic rings. The van der Waals surface area contributed by atoms with E-state index in [0.29, 0.717) is 46.4 Å². The van der Waals surface area contributed by atoms with Crippen molar-refractivity contribution in [1.82, 2.24) is 15.1 Å². The molecule has 4 aromatic rings. The van der Waals surface area contributed by atoms with E-state index in [1.54, 1.807) is 6.07 Å². The predicted octanol–water partition coefficient (Wildman–Crippen LogP) is 6.39. The van der Waals surface area contributed by atoms with Crippen molar-refractivity contribution in [3.8, 4) is 23.1 Å². The lowest BCUT2D eigenvalue weighted by Gasteiger charge is -2.31. The zero-order valence-electron chi connectivity index (χ0n) is 19.2. The number of nitrogens with zero attached hydrogens (tertiary/aromatic N) is 4. The number of ether oxygens (including phenoxy) is 1. The van der Waals surface area contributed by atoms with Gasteiger partial charge in [-0.1, -0.05) is 28.4 Å². The van der Waals surface area contributed by atoms with E-state index in [4.69, 9.17) is 32.5 Å². The molecule has 6 rings (SSSR count). The maximum Gasteiger partial charge on any atom is 0.264 e. The summed E-state index contributed by atoms with van der Waals surface area (Å²) in [7, 11) is -3.91.